The lowest BCUT2D eigenvalue weighted by atomic mass is 9.83. The van der Waals surface area contributed by atoms with Crippen LogP contribution in [0, 0.1) is 17.2 Å². The molecule has 0 unspecified atom stereocenters. The average Bonchev–Trinajstić information content (AvgIpc) is 2.56. The Kier molecular flexibility index (Phi) is 14.9. The van der Waals surface area contributed by atoms with Crippen molar-refractivity contribution in [2.75, 3.05) is 0 Å². The van der Waals surface area contributed by atoms with Crippen LogP contribution in [0.4, 0.5) is 0 Å². The second kappa shape index (κ2) is 14.4. The van der Waals surface area contributed by atoms with Crippen molar-refractivity contribution in [1.29, 1.82) is 5.26 Å². The molecular weight excluding hydrogens is 266 g/mol. The SMILES string of the molecule is C=C(CC)CC.C=CC1=C(/C=C(\C)C#N)CCC[C@@H]1C.CC. The third kappa shape index (κ3) is 9.40. The minimum absolute atomic E-state index is 0.596. The molecule has 0 aliphatic heterocycles. The molecule has 0 spiro atoms. The zero-order chi connectivity index (χ0) is 17.5. The molecule has 0 aromatic carbocycles. The van der Waals surface area contributed by atoms with Crippen molar-refractivity contribution < 1.29 is 0 Å². The van der Waals surface area contributed by atoms with Crippen LogP contribution < -0.4 is 0 Å². The predicted octanol–water partition coefficient (Wildman–Crippen LogP) is 7.15. The number of allylic oxidation sites excluding steroid dienone is 6. The van der Waals surface area contributed by atoms with E-state index >= 15 is 0 Å². The van der Waals surface area contributed by atoms with Gasteiger partial charge in [0.05, 0.1) is 6.07 Å². The van der Waals surface area contributed by atoms with Crippen molar-refractivity contribution in [3.8, 4) is 6.07 Å². The fourth-order valence-corrected chi connectivity index (χ4v) is 2.25. The molecule has 1 aliphatic rings. The highest BCUT2D eigenvalue weighted by Crippen LogP contribution is 2.31. The molecule has 0 aromatic heterocycles. The Hall–Kier alpha value is -1.55. The van der Waals surface area contributed by atoms with Crippen LogP contribution in [0.5, 0.6) is 0 Å². The van der Waals surface area contributed by atoms with Gasteiger partial charge in [-0.3, -0.25) is 0 Å². The van der Waals surface area contributed by atoms with Gasteiger partial charge in [0, 0.05) is 5.57 Å². The molecule has 124 valence electrons. The van der Waals surface area contributed by atoms with Crippen molar-refractivity contribution in [3.63, 3.8) is 0 Å². The van der Waals surface area contributed by atoms with Crippen LogP contribution in [0.15, 0.2) is 47.6 Å². The van der Waals surface area contributed by atoms with E-state index in [1.54, 1.807) is 0 Å². The first-order valence-corrected chi connectivity index (χ1v) is 8.60. The van der Waals surface area contributed by atoms with Gasteiger partial charge in [0.15, 0.2) is 0 Å². The lowest BCUT2D eigenvalue weighted by Crippen LogP contribution is -2.06. The molecule has 22 heavy (non-hydrogen) atoms. The number of nitrogens with zero attached hydrogens (tertiary/aromatic N) is 1. The van der Waals surface area contributed by atoms with Gasteiger partial charge in [0.2, 0.25) is 0 Å². The summed E-state index contributed by atoms with van der Waals surface area (Å²) in [4.78, 5) is 0. The molecule has 0 saturated heterocycles. The monoisotopic (exact) mass is 301 g/mol. The molecule has 1 nitrogen and oxygen atoms in total. The first kappa shape index (κ1) is 22.7. The fourth-order valence-electron chi connectivity index (χ4n) is 2.25. The molecule has 0 bridgehead atoms. The summed E-state index contributed by atoms with van der Waals surface area (Å²) in [7, 11) is 0. The topological polar surface area (TPSA) is 23.8 Å². The summed E-state index contributed by atoms with van der Waals surface area (Å²) < 4.78 is 0. The maximum atomic E-state index is 8.72. The van der Waals surface area contributed by atoms with Crippen molar-refractivity contribution in [1.82, 2.24) is 0 Å². The molecule has 0 N–H and O–H groups in total. The molecular formula is C21H35N. The van der Waals surface area contributed by atoms with E-state index in [0.29, 0.717) is 5.92 Å². The third-order valence-corrected chi connectivity index (χ3v) is 3.77. The van der Waals surface area contributed by atoms with E-state index in [0.717, 1.165) is 24.8 Å². The second-order valence-electron chi connectivity index (χ2n) is 5.37. The quantitative estimate of drug-likeness (QED) is 0.399. The first-order valence-electron chi connectivity index (χ1n) is 8.60. The highest BCUT2D eigenvalue weighted by atomic mass is 14.2. The highest BCUT2D eigenvalue weighted by Gasteiger charge is 2.15. The first-order chi connectivity index (χ1) is 10.5. The van der Waals surface area contributed by atoms with E-state index in [-0.39, 0.29) is 0 Å². The summed E-state index contributed by atoms with van der Waals surface area (Å²) >= 11 is 0. The summed E-state index contributed by atoms with van der Waals surface area (Å²) in [6, 6.07) is 2.16. The Balaban J connectivity index is 0. The van der Waals surface area contributed by atoms with E-state index in [1.165, 1.54) is 29.6 Å². The Labute approximate surface area is 139 Å². The van der Waals surface area contributed by atoms with Gasteiger partial charge in [-0.2, -0.15) is 5.26 Å². The summed E-state index contributed by atoms with van der Waals surface area (Å²) in [5.41, 5.74) is 4.76. The van der Waals surface area contributed by atoms with Crippen molar-refractivity contribution in [3.05, 3.63) is 47.6 Å². The maximum Gasteiger partial charge on any atom is 0.0944 e. The summed E-state index contributed by atoms with van der Waals surface area (Å²) in [6.45, 7) is 20.0. The van der Waals surface area contributed by atoms with Crippen molar-refractivity contribution >= 4 is 0 Å². The molecule has 0 aromatic rings. The van der Waals surface area contributed by atoms with E-state index in [1.807, 2.05) is 32.9 Å². The zero-order valence-electron chi connectivity index (χ0n) is 15.6. The highest BCUT2D eigenvalue weighted by molar-refractivity contribution is 5.39. The Bertz CT molecular complexity index is 423. The van der Waals surface area contributed by atoms with Crippen LogP contribution in [0.1, 0.15) is 73.6 Å². The smallest absolute Gasteiger partial charge is 0.0944 e. The van der Waals surface area contributed by atoms with Crippen LogP contribution in [-0.2, 0) is 0 Å². The summed E-state index contributed by atoms with van der Waals surface area (Å²) in [5.74, 6) is 0.596. The number of hydrogen-bond acceptors (Lipinski definition) is 1. The molecule has 1 heteroatoms. The molecule has 0 radical (unpaired) electrons. The fraction of sp³-hybridized carbons (Fsp3) is 0.571. The van der Waals surface area contributed by atoms with Crippen LogP contribution in [0.3, 0.4) is 0 Å². The number of nitriles is 1. The molecule has 0 fully saturated rings. The largest absolute Gasteiger partial charge is 0.193 e. The Morgan fingerprint density at radius 2 is 1.86 bits per heavy atom. The van der Waals surface area contributed by atoms with Gasteiger partial charge in [-0.1, -0.05) is 59.4 Å². The number of rotatable bonds is 4. The Morgan fingerprint density at radius 1 is 1.32 bits per heavy atom. The molecule has 1 rings (SSSR count). The van der Waals surface area contributed by atoms with Gasteiger partial charge in [-0.15, -0.1) is 0 Å². The van der Waals surface area contributed by atoms with Crippen LogP contribution in [-0.4, -0.2) is 0 Å². The van der Waals surface area contributed by atoms with Gasteiger partial charge in [0.1, 0.15) is 0 Å². The minimum Gasteiger partial charge on any atom is -0.193 e. The average molecular weight is 302 g/mol. The minimum atomic E-state index is 0.596. The van der Waals surface area contributed by atoms with E-state index in [9.17, 15) is 0 Å². The second-order valence-corrected chi connectivity index (χ2v) is 5.37. The normalized spacial score (nSPS) is 17.3. The van der Waals surface area contributed by atoms with Crippen LogP contribution in [0.25, 0.3) is 0 Å². The summed E-state index contributed by atoms with van der Waals surface area (Å²) in [5, 5.41) is 8.72. The summed E-state index contributed by atoms with van der Waals surface area (Å²) in [6.07, 6.45) is 9.78. The molecule has 0 amide bonds. The third-order valence-electron chi connectivity index (χ3n) is 3.77. The van der Waals surface area contributed by atoms with Gasteiger partial charge in [0.25, 0.3) is 0 Å². The Morgan fingerprint density at radius 3 is 2.23 bits per heavy atom. The van der Waals surface area contributed by atoms with Gasteiger partial charge in [-0.25, -0.2) is 0 Å². The molecule has 1 aliphatic carbocycles. The van der Waals surface area contributed by atoms with Gasteiger partial charge in [-0.05, 0) is 62.2 Å². The maximum absolute atomic E-state index is 8.72. The lowest BCUT2D eigenvalue weighted by molar-refractivity contribution is 0.552. The molecule has 1 atom stereocenters. The van der Waals surface area contributed by atoms with Crippen LogP contribution >= 0.6 is 0 Å². The molecule has 0 saturated carbocycles. The number of hydrogen-bond donors (Lipinski definition) is 0. The van der Waals surface area contributed by atoms with Gasteiger partial charge >= 0.3 is 0 Å². The zero-order valence-corrected chi connectivity index (χ0v) is 15.6. The van der Waals surface area contributed by atoms with Crippen molar-refractivity contribution in [2.45, 2.75) is 73.6 Å². The van der Waals surface area contributed by atoms with E-state index in [2.05, 4.69) is 40.0 Å². The predicted molar refractivity (Wildman–Crippen MR) is 101 cm³/mol. The van der Waals surface area contributed by atoms with Crippen molar-refractivity contribution in [2.24, 2.45) is 5.92 Å². The standard InChI is InChI=1S/C13H17N.C6H12.C2H6/c1-4-13-11(3)6-5-7-12(13)8-10(2)9-14;1-4-6(3)5-2;1-2/h4,8,11H,1,5-7H2,2-3H3;3-5H2,1-2H3;1-2H3/b10-8+;;/t11-;;/m0../s1. The molecule has 0 heterocycles. The van der Waals surface area contributed by atoms with Crippen LogP contribution in [0.2, 0.25) is 0 Å². The lowest BCUT2D eigenvalue weighted by Gasteiger charge is -2.22. The van der Waals surface area contributed by atoms with Gasteiger partial charge < -0.3 is 0 Å². The van der Waals surface area contributed by atoms with E-state index in [4.69, 9.17) is 5.26 Å². The van der Waals surface area contributed by atoms with E-state index < -0.39 is 0 Å².